The lowest BCUT2D eigenvalue weighted by Crippen LogP contribution is -3.19. The molecule has 1 atom stereocenters. The van der Waals surface area contributed by atoms with E-state index in [4.69, 9.17) is 9.47 Å². The Bertz CT molecular complexity index is 819. The summed E-state index contributed by atoms with van der Waals surface area (Å²) in [6, 6.07) is 12.5. The Morgan fingerprint density at radius 1 is 1.11 bits per heavy atom. The number of quaternary nitrogens is 1. The molecule has 2 aromatic carbocycles. The number of carbonyl (C=O) groups is 1. The van der Waals surface area contributed by atoms with Crippen molar-refractivity contribution in [2.45, 2.75) is 13.0 Å². The Kier molecular flexibility index (Phi) is 6.26. The van der Waals surface area contributed by atoms with Crippen molar-refractivity contribution in [1.29, 1.82) is 0 Å². The Morgan fingerprint density at radius 2 is 1.79 bits per heavy atom. The van der Waals surface area contributed by atoms with Gasteiger partial charge in [0.1, 0.15) is 5.75 Å². The Balaban J connectivity index is 1.58. The fourth-order valence-corrected chi connectivity index (χ4v) is 3.55. The van der Waals surface area contributed by atoms with Crippen LogP contribution in [-0.4, -0.2) is 57.5 Å². The molecule has 2 aromatic rings. The largest absolute Gasteiger partial charge is 0.506 e. The maximum absolute atomic E-state index is 12.7. The van der Waals surface area contributed by atoms with Gasteiger partial charge in [-0.25, -0.2) is 0 Å². The Hall–Kier alpha value is -2.93. The first kappa shape index (κ1) is 19.8. The van der Waals surface area contributed by atoms with Gasteiger partial charge in [0.05, 0.1) is 46.1 Å². The summed E-state index contributed by atoms with van der Waals surface area (Å²) in [5.41, 5.74) is 1.53. The van der Waals surface area contributed by atoms with Crippen LogP contribution in [0, 0.1) is 0 Å². The molecule has 28 heavy (non-hydrogen) atoms. The first-order valence-electron chi connectivity index (χ1n) is 9.44. The van der Waals surface area contributed by atoms with E-state index in [0.29, 0.717) is 22.9 Å². The van der Waals surface area contributed by atoms with Gasteiger partial charge in [0, 0.05) is 11.8 Å². The summed E-state index contributed by atoms with van der Waals surface area (Å²) < 4.78 is 10.5. The maximum atomic E-state index is 12.7. The summed E-state index contributed by atoms with van der Waals surface area (Å²) in [6.45, 7) is 5.19. The lowest BCUT2D eigenvalue weighted by Gasteiger charge is -2.36. The number of rotatable bonds is 6. The fourth-order valence-electron chi connectivity index (χ4n) is 3.55. The molecule has 0 spiro atoms. The summed E-state index contributed by atoms with van der Waals surface area (Å²) >= 11 is 0. The second-order valence-electron chi connectivity index (χ2n) is 6.91. The summed E-state index contributed by atoms with van der Waals surface area (Å²) in [6.07, 6.45) is 0. The predicted octanol–water partition coefficient (Wildman–Crippen LogP) is 1.14. The fraction of sp³-hybridized carbons (Fsp3) is 0.381. The number of para-hydroxylation sites is 2. The number of amides is 1. The molecule has 0 radical (unpaired) electrons. The average Bonchev–Trinajstić information content (AvgIpc) is 2.73. The number of anilines is 2. The molecule has 0 unspecified atom stereocenters. The highest BCUT2D eigenvalue weighted by Gasteiger charge is 2.30. The molecule has 0 aliphatic carbocycles. The van der Waals surface area contributed by atoms with Crippen LogP contribution in [0.15, 0.2) is 42.5 Å². The van der Waals surface area contributed by atoms with E-state index in [1.165, 1.54) is 4.90 Å². The molecule has 0 aromatic heterocycles. The lowest BCUT2D eigenvalue weighted by molar-refractivity contribution is -0.914. The molecule has 0 saturated carbocycles. The highest BCUT2D eigenvalue weighted by Crippen LogP contribution is 2.29. The van der Waals surface area contributed by atoms with Crippen molar-refractivity contribution >= 4 is 17.3 Å². The second-order valence-corrected chi connectivity index (χ2v) is 6.91. The molecule has 7 heteroatoms. The van der Waals surface area contributed by atoms with Crippen molar-refractivity contribution in [3.63, 3.8) is 0 Å². The highest BCUT2D eigenvalue weighted by atomic mass is 16.5. The van der Waals surface area contributed by atoms with E-state index >= 15 is 0 Å². The monoisotopic (exact) mass is 386 g/mol. The van der Waals surface area contributed by atoms with E-state index in [-0.39, 0.29) is 11.9 Å². The SMILES string of the molecule is COc1ccc(NC(=O)[C@H](C)[NH+]2CCN(c3ccccc3O)CC2)cc1OC. The molecule has 1 saturated heterocycles. The van der Waals surface area contributed by atoms with E-state index < -0.39 is 0 Å². The van der Waals surface area contributed by atoms with Crippen LogP contribution in [0.2, 0.25) is 0 Å². The minimum absolute atomic E-state index is 0.0294. The molecular weight excluding hydrogens is 358 g/mol. The quantitative estimate of drug-likeness (QED) is 0.694. The van der Waals surface area contributed by atoms with Crippen molar-refractivity contribution in [2.24, 2.45) is 0 Å². The van der Waals surface area contributed by atoms with Crippen LogP contribution in [0.3, 0.4) is 0 Å². The molecule has 3 N–H and O–H groups in total. The number of benzene rings is 2. The number of carbonyl (C=O) groups excluding carboxylic acids is 1. The first-order valence-corrected chi connectivity index (χ1v) is 9.44. The molecule has 1 fully saturated rings. The third-order valence-corrected chi connectivity index (χ3v) is 5.28. The third-order valence-electron chi connectivity index (χ3n) is 5.28. The molecule has 1 amide bonds. The van der Waals surface area contributed by atoms with Crippen molar-refractivity contribution in [2.75, 3.05) is 50.6 Å². The highest BCUT2D eigenvalue weighted by molar-refractivity contribution is 5.94. The topological polar surface area (TPSA) is 75.5 Å². The van der Waals surface area contributed by atoms with Gasteiger partial charge in [-0.15, -0.1) is 0 Å². The molecular formula is C21H28N3O4+. The number of nitrogens with zero attached hydrogens (tertiary/aromatic N) is 1. The second kappa shape index (κ2) is 8.84. The number of piperazine rings is 1. The van der Waals surface area contributed by atoms with Gasteiger partial charge in [0.2, 0.25) is 0 Å². The average molecular weight is 386 g/mol. The standard InChI is InChI=1S/C21H27N3O4/c1-15(21(26)22-16-8-9-19(27-2)20(14-16)28-3)23-10-12-24(13-11-23)17-6-4-5-7-18(17)25/h4-9,14-15,25H,10-13H2,1-3H3,(H,22,26)/p+1/t15-/m0/s1. The number of aromatic hydroxyl groups is 1. The van der Waals surface area contributed by atoms with Gasteiger partial charge in [-0.2, -0.15) is 0 Å². The summed E-state index contributed by atoms with van der Waals surface area (Å²) in [5.74, 6) is 1.47. The molecule has 1 aliphatic heterocycles. The molecule has 1 aliphatic rings. The molecule has 1 heterocycles. The minimum atomic E-state index is -0.181. The predicted molar refractivity (Wildman–Crippen MR) is 109 cm³/mol. The van der Waals surface area contributed by atoms with Crippen molar-refractivity contribution in [3.8, 4) is 17.2 Å². The number of methoxy groups -OCH3 is 2. The van der Waals surface area contributed by atoms with Crippen LogP contribution < -0.4 is 24.6 Å². The van der Waals surface area contributed by atoms with E-state index in [0.717, 1.165) is 31.9 Å². The van der Waals surface area contributed by atoms with E-state index in [2.05, 4.69) is 10.2 Å². The number of phenols is 1. The zero-order valence-corrected chi connectivity index (χ0v) is 16.6. The Labute approximate surface area is 165 Å². The molecule has 7 nitrogen and oxygen atoms in total. The first-order chi connectivity index (χ1) is 13.5. The van der Waals surface area contributed by atoms with Crippen LogP contribution in [0.1, 0.15) is 6.92 Å². The molecule has 150 valence electrons. The zero-order valence-electron chi connectivity index (χ0n) is 16.6. The van der Waals surface area contributed by atoms with Crippen molar-refractivity contribution < 1.29 is 24.3 Å². The van der Waals surface area contributed by atoms with Gasteiger partial charge < -0.3 is 29.7 Å². The normalized spacial score (nSPS) is 15.8. The van der Waals surface area contributed by atoms with Crippen LogP contribution in [0.4, 0.5) is 11.4 Å². The lowest BCUT2D eigenvalue weighted by atomic mass is 10.2. The third kappa shape index (κ3) is 4.31. The van der Waals surface area contributed by atoms with E-state index in [1.807, 2.05) is 25.1 Å². The number of phenolic OH excluding ortho intramolecular Hbond substituents is 1. The zero-order chi connectivity index (χ0) is 20.1. The van der Waals surface area contributed by atoms with Crippen molar-refractivity contribution in [1.82, 2.24) is 0 Å². The smallest absolute Gasteiger partial charge is 0.282 e. The van der Waals surface area contributed by atoms with Crippen molar-refractivity contribution in [3.05, 3.63) is 42.5 Å². The summed E-state index contributed by atoms with van der Waals surface area (Å²) in [5, 5.41) is 13.0. The molecule has 3 rings (SSSR count). The summed E-state index contributed by atoms with van der Waals surface area (Å²) in [4.78, 5) is 16.1. The van der Waals surface area contributed by atoms with Gasteiger partial charge in [-0.1, -0.05) is 12.1 Å². The van der Waals surface area contributed by atoms with Gasteiger partial charge in [0.25, 0.3) is 5.91 Å². The number of hydrogen-bond donors (Lipinski definition) is 3. The van der Waals surface area contributed by atoms with Gasteiger partial charge in [-0.3, -0.25) is 4.79 Å². The van der Waals surface area contributed by atoms with Gasteiger partial charge in [0.15, 0.2) is 17.5 Å². The van der Waals surface area contributed by atoms with E-state index in [1.54, 1.807) is 38.5 Å². The van der Waals surface area contributed by atoms with Crippen LogP contribution in [0.5, 0.6) is 17.2 Å². The maximum Gasteiger partial charge on any atom is 0.282 e. The summed E-state index contributed by atoms with van der Waals surface area (Å²) in [7, 11) is 3.15. The van der Waals surface area contributed by atoms with Gasteiger partial charge in [-0.05, 0) is 31.2 Å². The van der Waals surface area contributed by atoms with Gasteiger partial charge >= 0.3 is 0 Å². The van der Waals surface area contributed by atoms with Crippen LogP contribution in [0.25, 0.3) is 0 Å². The number of ether oxygens (including phenoxy) is 2. The number of nitrogens with one attached hydrogen (secondary N) is 2. The Morgan fingerprint density at radius 3 is 2.43 bits per heavy atom. The van der Waals surface area contributed by atoms with Crippen LogP contribution in [-0.2, 0) is 4.79 Å². The number of hydrogen-bond acceptors (Lipinski definition) is 5. The minimum Gasteiger partial charge on any atom is -0.506 e. The van der Waals surface area contributed by atoms with Crippen LogP contribution >= 0.6 is 0 Å². The molecule has 0 bridgehead atoms. The van der Waals surface area contributed by atoms with E-state index in [9.17, 15) is 9.90 Å².